The van der Waals surface area contributed by atoms with Crippen LogP contribution in [0.1, 0.15) is 44.8 Å². The third kappa shape index (κ3) is 2.72. The summed E-state index contributed by atoms with van der Waals surface area (Å²) in [5, 5.41) is 0. The van der Waals surface area contributed by atoms with Gasteiger partial charge < -0.3 is 9.47 Å². The average Bonchev–Trinajstić information content (AvgIpc) is 3.09. The lowest BCUT2D eigenvalue weighted by atomic mass is 10.0. The molecule has 1 saturated heterocycles. The fourth-order valence-electron chi connectivity index (χ4n) is 2.04. The van der Waals surface area contributed by atoms with E-state index in [2.05, 4.69) is 6.92 Å². The first-order valence-electron chi connectivity index (χ1n) is 6.58. The van der Waals surface area contributed by atoms with Crippen LogP contribution in [-0.4, -0.2) is 18.2 Å². The van der Waals surface area contributed by atoms with E-state index in [1.165, 1.54) is 0 Å². The van der Waals surface area contributed by atoms with Gasteiger partial charge >= 0.3 is 5.97 Å². The van der Waals surface area contributed by atoms with Crippen LogP contribution in [0.3, 0.4) is 0 Å². The van der Waals surface area contributed by atoms with Crippen LogP contribution in [0.5, 0.6) is 0 Å². The average molecular weight is 248 g/mol. The molecule has 2 rings (SSSR count). The Labute approximate surface area is 108 Å². The summed E-state index contributed by atoms with van der Waals surface area (Å²) in [7, 11) is 0. The highest BCUT2D eigenvalue weighted by atomic mass is 16.7. The molecule has 0 spiro atoms. The van der Waals surface area contributed by atoms with Crippen LogP contribution in [0, 0.1) is 0 Å². The monoisotopic (exact) mass is 248 g/mol. The standard InChI is InChI=1S/C15H20O3/c1-3-4-8-11-17-14(16)15(2)13(18-15)12-9-6-5-7-10-12/h5-7,9-10,13H,3-4,8,11H2,1-2H3/t13-,15-/m1/s1. The Kier molecular flexibility index (Phi) is 4.02. The number of carbonyl (C=O) groups excluding carboxylic acids is 1. The molecular weight excluding hydrogens is 228 g/mol. The number of hydrogen-bond acceptors (Lipinski definition) is 3. The molecule has 1 aliphatic rings. The molecule has 18 heavy (non-hydrogen) atoms. The lowest BCUT2D eigenvalue weighted by Gasteiger charge is -2.07. The van der Waals surface area contributed by atoms with E-state index in [9.17, 15) is 4.79 Å². The van der Waals surface area contributed by atoms with Gasteiger partial charge in [0.05, 0.1) is 6.61 Å². The molecule has 0 saturated carbocycles. The largest absolute Gasteiger partial charge is 0.463 e. The summed E-state index contributed by atoms with van der Waals surface area (Å²) in [5.41, 5.74) is 0.249. The molecule has 0 bridgehead atoms. The molecule has 0 radical (unpaired) electrons. The minimum atomic E-state index is -0.784. The maximum Gasteiger partial charge on any atom is 0.341 e. The van der Waals surface area contributed by atoms with Crippen LogP contribution in [0.4, 0.5) is 0 Å². The number of carbonyl (C=O) groups is 1. The third-order valence-corrected chi connectivity index (χ3v) is 3.29. The lowest BCUT2D eigenvalue weighted by molar-refractivity contribution is -0.149. The molecule has 2 atom stereocenters. The van der Waals surface area contributed by atoms with Crippen LogP contribution in [0.25, 0.3) is 0 Å². The van der Waals surface area contributed by atoms with E-state index in [1.807, 2.05) is 30.3 Å². The second-order valence-electron chi connectivity index (χ2n) is 4.86. The van der Waals surface area contributed by atoms with Crippen LogP contribution < -0.4 is 0 Å². The maximum absolute atomic E-state index is 11.9. The molecule has 3 heteroatoms. The van der Waals surface area contributed by atoms with Crippen molar-refractivity contribution in [2.45, 2.75) is 44.8 Å². The highest BCUT2D eigenvalue weighted by molar-refractivity contribution is 5.83. The number of hydrogen-bond donors (Lipinski definition) is 0. The Morgan fingerprint density at radius 3 is 2.72 bits per heavy atom. The van der Waals surface area contributed by atoms with Gasteiger partial charge in [0, 0.05) is 0 Å². The van der Waals surface area contributed by atoms with E-state index in [-0.39, 0.29) is 12.1 Å². The van der Waals surface area contributed by atoms with Crippen molar-refractivity contribution in [3.63, 3.8) is 0 Å². The van der Waals surface area contributed by atoms with Gasteiger partial charge in [0.1, 0.15) is 6.10 Å². The highest BCUT2D eigenvalue weighted by Crippen LogP contribution is 2.49. The van der Waals surface area contributed by atoms with E-state index in [0.717, 1.165) is 24.8 Å². The van der Waals surface area contributed by atoms with Crippen molar-refractivity contribution in [2.75, 3.05) is 6.61 Å². The van der Waals surface area contributed by atoms with Crippen molar-refractivity contribution >= 4 is 5.97 Å². The predicted molar refractivity (Wildman–Crippen MR) is 69.2 cm³/mol. The maximum atomic E-state index is 11.9. The van der Waals surface area contributed by atoms with Crippen LogP contribution in [-0.2, 0) is 14.3 Å². The fraction of sp³-hybridized carbons (Fsp3) is 0.533. The zero-order valence-electron chi connectivity index (χ0n) is 11.0. The Bertz CT molecular complexity index is 401. The molecule has 0 aliphatic carbocycles. The SMILES string of the molecule is CCCCCOC(=O)[C@]1(C)O[C@@H]1c1ccccc1. The minimum absolute atomic E-state index is 0.155. The molecule has 98 valence electrons. The van der Waals surface area contributed by atoms with E-state index in [4.69, 9.17) is 9.47 Å². The van der Waals surface area contributed by atoms with Gasteiger partial charge in [-0.25, -0.2) is 4.79 Å². The Balaban J connectivity index is 1.85. The molecule has 0 amide bonds. The molecule has 0 unspecified atom stereocenters. The lowest BCUT2D eigenvalue weighted by Crippen LogP contribution is -2.24. The Morgan fingerprint density at radius 2 is 2.06 bits per heavy atom. The Hall–Kier alpha value is -1.35. The molecule has 1 aromatic rings. The first kappa shape index (κ1) is 13.1. The third-order valence-electron chi connectivity index (χ3n) is 3.29. The van der Waals surface area contributed by atoms with Gasteiger partial charge in [0.15, 0.2) is 5.60 Å². The van der Waals surface area contributed by atoms with Crippen molar-refractivity contribution in [3.05, 3.63) is 35.9 Å². The number of esters is 1. The number of epoxide rings is 1. The zero-order valence-corrected chi connectivity index (χ0v) is 11.0. The van der Waals surface area contributed by atoms with Crippen molar-refractivity contribution < 1.29 is 14.3 Å². The topological polar surface area (TPSA) is 38.8 Å². The molecule has 1 aromatic carbocycles. The van der Waals surface area contributed by atoms with Crippen LogP contribution in [0.2, 0.25) is 0 Å². The molecule has 1 fully saturated rings. The zero-order chi connectivity index (χ0) is 13.0. The summed E-state index contributed by atoms with van der Waals surface area (Å²) in [6.45, 7) is 4.42. The molecule has 3 nitrogen and oxygen atoms in total. The molecule has 0 aromatic heterocycles. The fourth-order valence-corrected chi connectivity index (χ4v) is 2.04. The first-order chi connectivity index (χ1) is 8.68. The summed E-state index contributed by atoms with van der Waals surface area (Å²) in [5.74, 6) is -0.243. The number of ether oxygens (including phenoxy) is 2. The second-order valence-corrected chi connectivity index (χ2v) is 4.86. The second kappa shape index (κ2) is 5.53. The van der Waals surface area contributed by atoms with Crippen molar-refractivity contribution in [1.29, 1.82) is 0 Å². The van der Waals surface area contributed by atoms with Gasteiger partial charge in [-0.15, -0.1) is 0 Å². The van der Waals surface area contributed by atoms with Gasteiger partial charge in [-0.05, 0) is 18.9 Å². The molecule has 1 aliphatic heterocycles. The summed E-state index contributed by atoms with van der Waals surface area (Å²) in [4.78, 5) is 11.9. The first-order valence-corrected chi connectivity index (χ1v) is 6.58. The van der Waals surface area contributed by atoms with Gasteiger partial charge in [-0.3, -0.25) is 0 Å². The number of rotatable bonds is 6. The van der Waals surface area contributed by atoms with E-state index < -0.39 is 5.60 Å². The summed E-state index contributed by atoms with van der Waals surface area (Å²) in [6.07, 6.45) is 2.98. The van der Waals surface area contributed by atoms with Crippen molar-refractivity contribution in [3.8, 4) is 0 Å². The van der Waals surface area contributed by atoms with Crippen LogP contribution >= 0.6 is 0 Å². The van der Waals surface area contributed by atoms with E-state index >= 15 is 0 Å². The summed E-state index contributed by atoms with van der Waals surface area (Å²) < 4.78 is 10.8. The van der Waals surface area contributed by atoms with Crippen molar-refractivity contribution in [1.82, 2.24) is 0 Å². The molecule has 1 heterocycles. The van der Waals surface area contributed by atoms with Gasteiger partial charge in [-0.2, -0.15) is 0 Å². The van der Waals surface area contributed by atoms with Gasteiger partial charge in [-0.1, -0.05) is 50.1 Å². The Morgan fingerprint density at radius 1 is 1.33 bits per heavy atom. The van der Waals surface area contributed by atoms with Crippen LogP contribution in [0.15, 0.2) is 30.3 Å². The minimum Gasteiger partial charge on any atom is -0.463 e. The quantitative estimate of drug-likeness (QED) is 0.440. The predicted octanol–water partition coefficient (Wildman–Crippen LogP) is 3.25. The van der Waals surface area contributed by atoms with Gasteiger partial charge in [0.2, 0.25) is 0 Å². The molecular formula is C15H20O3. The summed E-state index contributed by atoms with van der Waals surface area (Å²) >= 11 is 0. The van der Waals surface area contributed by atoms with E-state index in [1.54, 1.807) is 6.92 Å². The normalized spacial score (nSPS) is 25.8. The summed E-state index contributed by atoms with van der Waals surface area (Å²) in [6, 6.07) is 9.79. The van der Waals surface area contributed by atoms with E-state index in [0.29, 0.717) is 6.61 Å². The van der Waals surface area contributed by atoms with Gasteiger partial charge in [0.25, 0.3) is 0 Å². The highest BCUT2D eigenvalue weighted by Gasteiger charge is 2.60. The number of benzene rings is 1. The molecule has 0 N–H and O–H groups in total. The number of unbranched alkanes of at least 4 members (excludes halogenated alkanes) is 2. The smallest absolute Gasteiger partial charge is 0.341 e. The van der Waals surface area contributed by atoms with Crippen molar-refractivity contribution in [2.24, 2.45) is 0 Å².